The lowest BCUT2D eigenvalue weighted by atomic mass is 9.51. The van der Waals surface area contributed by atoms with Crippen LogP contribution in [0.2, 0.25) is 16.6 Å². The number of nitrogens with one attached hydrogen (secondary N) is 1. The number of benzene rings is 1. The van der Waals surface area contributed by atoms with E-state index in [-0.39, 0.29) is 11.1 Å². The fraction of sp³-hybridized carbons (Fsp3) is 0.769. The van der Waals surface area contributed by atoms with Gasteiger partial charge in [0.2, 0.25) is 0 Å². The second-order valence-electron chi connectivity index (χ2n) is 11.9. The highest BCUT2D eigenvalue weighted by Gasteiger charge is 2.56. The summed E-state index contributed by atoms with van der Waals surface area (Å²) < 4.78 is 0. The van der Waals surface area contributed by atoms with Gasteiger partial charge in [-0.2, -0.15) is 0 Å². The van der Waals surface area contributed by atoms with E-state index in [9.17, 15) is 5.11 Å². The molecule has 4 fully saturated rings. The minimum atomic E-state index is -1.57. The Bertz CT molecular complexity index is 687. The molecule has 2 nitrogen and oxygen atoms in total. The Labute approximate surface area is 179 Å². The van der Waals surface area contributed by atoms with Gasteiger partial charge in [0.15, 0.2) is 0 Å². The lowest BCUT2D eigenvalue weighted by Crippen LogP contribution is -2.64. The lowest BCUT2D eigenvalue weighted by molar-refractivity contribution is -0.142. The van der Waals surface area contributed by atoms with Crippen LogP contribution in [0.1, 0.15) is 85.6 Å². The highest BCUT2D eigenvalue weighted by molar-refractivity contribution is 6.95. The molecule has 5 rings (SSSR count). The fourth-order valence-electron chi connectivity index (χ4n) is 8.62. The van der Waals surface area contributed by atoms with E-state index in [2.05, 4.69) is 71.1 Å². The summed E-state index contributed by atoms with van der Waals surface area (Å²) in [6, 6.07) is 9.67. The zero-order valence-corrected chi connectivity index (χ0v) is 20.6. The van der Waals surface area contributed by atoms with Gasteiger partial charge in [0, 0.05) is 12.1 Å². The molecule has 1 aromatic rings. The average molecular weight is 414 g/mol. The normalized spacial score (nSPS) is 34.0. The van der Waals surface area contributed by atoms with Crippen LogP contribution < -0.4 is 10.5 Å². The Balaban J connectivity index is 1.49. The van der Waals surface area contributed by atoms with E-state index in [0.29, 0.717) is 0 Å². The fourth-order valence-corrected chi connectivity index (χ4v) is 15.4. The molecule has 0 amide bonds. The van der Waals surface area contributed by atoms with Crippen molar-refractivity contribution in [2.75, 3.05) is 0 Å². The molecule has 0 radical (unpaired) electrons. The highest BCUT2D eigenvalue weighted by atomic mass is 28.3. The van der Waals surface area contributed by atoms with Gasteiger partial charge >= 0.3 is 0 Å². The van der Waals surface area contributed by atoms with Crippen LogP contribution in [-0.2, 0) is 6.54 Å². The maximum Gasteiger partial charge on any atom is 0.0942 e. The van der Waals surface area contributed by atoms with Crippen LogP contribution in [0.15, 0.2) is 24.3 Å². The summed E-state index contributed by atoms with van der Waals surface area (Å²) in [6.07, 6.45) is 6.96. The Morgan fingerprint density at radius 2 is 1.41 bits per heavy atom. The predicted octanol–water partition coefficient (Wildman–Crippen LogP) is 5.75. The Morgan fingerprint density at radius 3 is 1.86 bits per heavy atom. The minimum absolute atomic E-state index is 0.184. The molecule has 1 aromatic carbocycles. The van der Waals surface area contributed by atoms with Gasteiger partial charge in [-0.3, -0.25) is 0 Å². The summed E-state index contributed by atoms with van der Waals surface area (Å²) in [4.78, 5) is 0. The van der Waals surface area contributed by atoms with Gasteiger partial charge in [-0.1, -0.05) is 71.0 Å². The third-order valence-corrected chi connectivity index (χ3v) is 16.1. The lowest BCUT2D eigenvalue weighted by Gasteiger charge is -2.60. The SMILES string of the molecule is CC(C)[Si](c1ccc(CNC23CC4CC(CC(O)(C4)C2)C3)cc1)(C(C)C)C(C)C. The quantitative estimate of drug-likeness (QED) is 0.558. The molecule has 3 heteroatoms. The summed E-state index contributed by atoms with van der Waals surface area (Å²) in [5.74, 6) is 1.48. The first-order chi connectivity index (χ1) is 13.6. The van der Waals surface area contributed by atoms with Crippen molar-refractivity contribution in [3.8, 4) is 0 Å². The third-order valence-electron chi connectivity index (χ3n) is 9.02. The molecule has 29 heavy (non-hydrogen) atoms. The Kier molecular flexibility index (Phi) is 5.58. The molecular weight excluding hydrogens is 370 g/mol. The van der Waals surface area contributed by atoms with Gasteiger partial charge < -0.3 is 10.4 Å². The van der Waals surface area contributed by atoms with Crippen molar-refractivity contribution < 1.29 is 5.11 Å². The first-order valence-corrected chi connectivity index (χ1v) is 14.4. The van der Waals surface area contributed by atoms with E-state index in [0.717, 1.165) is 54.3 Å². The molecule has 0 aliphatic heterocycles. The molecule has 2 N–H and O–H groups in total. The van der Waals surface area contributed by atoms with Crippen LogP contribution >= 0.6 is 0 Å². The van der Waals surface area contributed by atoms with Crippen molar-refractivity contribution >= 4 is 13.3 Å². The molecule has 0 saturated heterocycles. The van der Waals surface area contributed by atoms with Crippen molar-refractivity contribution in [3.63, 3.8) is 0 Å². The summed E-state index contributed by atoms with van der Waals surface area (Å²) in [5.41, 5.74) is 3.45. The van der Waals surface area contributed by atoms with E-state index in [1.54, 1.807) is 5.19 Å². The number of hydrogen-bond donors (Lipinski definition) is 2. The molecule has 4 aliphatic carbocycles. The summed E-state index contributed by atoms with van der Waals surface area (Å²) in [6.45, 7) is 15.6. The van der Waals surface area contributed by atoms with Gasteiger partial charge in [0.1, 0.15) is 0 Å². The second-order valence-corrected chi connectivity index (χ2v) is 17.8. The van der Waals surface area contributed by atoms with Crippen molar-refractivity contribution in [1.82, 2.24) is 5.32 Å². The molecule has 0 heterocycles. The minimum Gasteiger partial charge on any atom is -0.390 e. The van der Waals surface area contributed by atoms with Crippen LogP contribution in [0.25, 0.3) is 0 Å². The topological polar surface area (TPSA) is 32.3 Å². The summed E-state index contributed by atoms with van der Waals surface area (Å²) >= 11 is 0. The zero-order chi connectivity index (χ0) is 21.0. The molecule has 4 saturated carbocycles. The van der Waals surface area contributed by atoms with Gasteiger partial charge in [-0.25, -0.2) is 0 Å². The van der Waals surface area contributed by atoms with Gasteiger partial charge in [0.05, 0.1) is 13.7 Å². The molecule has 2 unspecified atom stereocenters. The monoisotopic (exact) mass is 413 g/mol. The largest absolute Gasteiger partial charge is 0.390 e. The molecule has 4 bridgehead atoms. The first kappa shape index (κ1) is 21.6. The first-order valence-electron chi connectivity index (χ1n) is 12.2. The summed E-state index contributed by atoms with van der Waals surface area (Å²) in [5, 5.41) is 16.6. The number of rotatable bonds is 7. The van der Waals surface area contributed by atoms with Crippen molar-refractivity contribution in [1.29, 1.82) is 0 Å². The molecule has 162 valence electrons. The Morgan fingerprint density at radius 1 is 0.897 bits per heavy atom. The van der Waals surface area contributed by atoms with E-state index < -0.39 is 8.07 Å². The molecule has 4 aliphatic rings. The zero-order valence-electron chi connectivity index (χ0n) is 19.6. The van der Waals surface area contributed by atoms with E-state index in [1.165, 1.54) is 24.8 Å². The predicted molar refractivity (Wildman–Crippen MR) is 126 cm³/mol. The molecule has 0 aromatic heterocycles. The van der Waals surface area contributed by atoms with Crippen LogP contribution in [0, 0.1) is 11.8 Å². The maximum absolute atomic E-state index is 11.0. The van der Waals surface area contributed by atoms with E-state index >= 15 is 0 Å². The van der Waals surface area contributed by atoms with Crippen LogP contribution in [0.3, 0.4) is 0 Å². The maximum atomic E-state index is 11.0. The van der Waals surface area contributed by atoms with E-state index in [1.807, 2.05) is 0 Å². The van der Waals surface area contributed by atoms with Crippen LogP contribution in [0.4, 0.5) is 0 Å². The van der Waals surface area contributed by atoms with Crippen molar-refractivity contribution in [2.24, 2.45) is 11.8 Å². The van der Waals surface area contributed by atoms with Gasteiger partial charge in [-0.05, 0) is 72.5 Å². The van der Waals surface area contributed by atoms with E-state index in [4.69, 9.17) is 0 Å². The second kappa shape index (κ2) is 7.49. The standard InChI is InChI=1S/C26H43NOSi/c1-18(2)29(19(3)4,20(5)6)24-9-7-21(8-10-24)16-27-25-12-22-11-23(13-25)15-26(28,14-22)17-25/h7-10,18-20,22-23,27-28H,11-17H2,1-6H3. The third kappa shape index (κ3) is 3.66. The van der Waals surface area contributed by atoms with Crippen molar-refractivity contribution in [3.05, 3.63) is 29.8 Å². The number of aliphatic hydroxyl groups is 1. The highest BCUT2D eigenvalue weighted by Crippen LogP contribution is 2.57. The van der Waals surface area contributed by atoms with Gasteiger partial charge in [-0.15, -0.1) is 0 Å². The molecule has 0 spiro atoms. The summed E-state index contributed by atoms with van der Waals surface area (Å²) in [7, 11) is -1.57. The van der Waals surface area contributed by atoms with Gasteiger partial charge in [0.25, 0.3) is 0 Å². The van der Waals surface area contributed by atoms with Crippen LogP contribution in [-0.4, -0.2) is 24.3 Å². The Hall–Kier alpha value is -0.643. The molecular formula is C26H43NOSi. The average Bonchev–Trinajstić information content (AvgIpc) is 2.58. The van der Waals surface area contributed by atoms with Crippen LogP contribution in [0.5, 0.6) is 0 Å². The number of hydrogen-bond acceptors (Lipinski definition) is 2. The molecule has 2 atom stereocenters. The smallest absolute Gasteiger partial charge is 0.0942 e. The van der Waals surface area contributed by atoms with Crippen molar-refractivity contribution in [2.45, 2.75) is 114 Å².